The second-order valence-electron chi connectivity index (χ2n) is 9.15. The Morgan fingerprint density at radius 3 is 2.61 bits per heavy atom. The van der Waals surface area contributed by atoms with E-state index in [1.165, 1.54) is 6.08 Å². The molecule has 0 saturated heterocycles. The van der Waals surface area contributed by atoms with Crippen LogP contribution in [0.15, 0.2) is 42.3 Å². The Labute approximate surface area is 233 Å². The van der Waals surface area contributed by atoms with Gasteiger partial charge in [-0.15, -0.1) is 0 Å². The molecule has 210 valence electrons. The zero-order valence-electron chi connectivity index (χ0n) is 22.3. The average Bonchev–Trinajstić information content (AvgIpc) is 3.24. The molecule has 10 nitrogen and oxygen atoms in total. The first kappa shape index (κ1) is 31.6. The van der Waals surface area contributed by atoms with Crippen LogP contribution in [0.5, 0.6) is 5.75 Å². The molecule has 38 heavy (non-hydrogen) atoms. The fraction of sp³-hybridized carbons (Fsp3) is 0.500. The van der Waals surface area contributed by atoms with E-state index in [4.69, 9.17) is 37.4 Å². The second-order valence-corrected chi connectivity index (χ2v) is 9.94. The monoisotopic (exact) mass is 570 g/mol. The van der Waals surface area contributed by atoms with Crippen molar-refractivity contribution in [3.8, 4) is 5.75 Å². The van der Waals surface area contributed by atoms with E-state index in [0.29, 0.717) is 23.9 Å². The van der Waals surface area contributed by atoms with Crippen molar-refractivity contribution in [3.63, 3.8) is 0 Å². The minimum absolute atomic E-state index is 0.00820. The molecule has 1 amide bonds. The molecule has 1 heterocycles. The topological polar surface area (TPSA) is 124 Å². The molecule has 0 aliphatic carbocycles. The maximum atomic E-state index is 13.2. The molecule has 0 bridgehead atoms. The largest absolute Gasteiger partial charge is 0.463 e. The molecule has 0 aliphatic rings. The van der Waals surface area contributed by atoms with E-state index in [2.05, 4.69) is 15.7 Å². The van der Waals surface area contributed by atoms with Gasteiger partial charge in [0.25, 0.3) is 0 Å². The van der Waals surface area contributed by atoms with E-state index in [-0.39, 0.29) is 48.2 Å². The van der Waals surface area contributed by atoms with Gasteiger partial charge in [-0.1, -0.05) is 29.3 Å². The lowest BCUT2D eigenvalue weighted by Gasteiger charge is -2.22. The molecule has 0 radical (unpaired) electrons. The summed E-state index contributed by atoms with van der Waals surface area (Å²) in [6.07, 6.45) is 2.94. The predicted octanol–water partition coefficient (Wildman–Crippen LogP) is 4.20. The van der Waals surface area contributed by atoms with Gasteiger partial charge in [0.2, 0.25) is 5.91 Å². The van der Waals surface area contributed by atoms with Gasteiger partial charge in [-0.05, 0) is 53.2 Å². The van der Waals surface area contributed by atoms with Crippen molar-refractivity contribution < 1.29 is 28.9 Å². The third kappa shape index (κ3) is 11.0. The summed E-state index contributed by atoms with van der Waals surface area (Å²) in [5.41, 5.74) is -0.960. The van der Waals surface area contributed by atoms with Crippen LogP contribution in [0.1, 0.15) is 41.0 Å². The number of aromatic nitrogens is 2. The highest BCUT2D eigenvalue weighted by Crippen LogP contribution is 2.32. The number of hydrogen-bond acceptors (Lipinski definition) is 8. The molecule has 2 rings (SSSR count). The fourth-order valence-corrected chi connectivity index (χ4v) is 3.78. The lowest BCUT2D eigenvalue weighted by Crippen LogP contribution is -2.44. The molecule has 12 heteroatoms. The van der Waals surface area contributed by atoms with Crippen LogP contribution in [0.2, 0.25) is 10.0 Å². The summed E-state index contributed by atoms with van der Waals surface area (Å²) < 4.78 is 18.1. The average molecular weight is 572 g/mol. The van der Waals surface area contributed by atoms with Crippen LogP contribution >= 0.6 is 23.2 Å². The van der Waals surface area contributed by atoms with Gasteiger partial charge in [0.1, 0.15) is 16.5 Å². The van der Waals surface area contributed by atoms with Crippen molar-refractivity contribution >= 4 is 40.9 Å². The Kier molecular flexibility index (Phi) is 12.5. The number of carbonyl (C=O) groups is 2. The smallest absolute Gasteiger partial charge is 0.334 e. The minimum atomic E-state index is -0.960. The number of anilines is 1. The number of nitrogens with one attached hydrogen (secondary N) is 2. The van der Waals surface area contributed by atoms with Crippen LogP contribution < -0.4 is 15.4 Å². The van der Waals surface area contributed by atoms with Crippen molar-refractivity contribution in [2.45, 2.75) is 65.3 Å². The zero-order valence-corrected chi connectivity index (χ0v) is 23.8. The van der Waals surface area contributed by atoms with Gasteiger partial charge < -0.3 is 24.6 Å². The first-order valence-electron chi connectivity index (χ1n) is 12.3. The number of ether oxygens (including phenoxy) is 3. The van der Waals surface area contributed by atoms with E-state index >= 15 is 0 Å². The molecule has 2 atom stereocenters. The van der Waals surface area contributed by atoms with Gasteiger partial charge in [0.05, 0.1) is 48.5 Å². The molecule has 3 N–H and O–H groups in total. The number of esters is 1. The van der Waals surface area contributed by atoms with Crippen molar-refractivity contribution in [3.05, 3.63) is 52.3 Å². The highest BCUT2D eigenvalue weighted by Gasteiger charge is 2.24. The van der Waals surface area contributed by atoms with E-state index in [1.807, 2.05) is 13.8 Å². The van der Waals surface area contributed by atoms with Gasteiger partial charge in [0.15, 0.2) is 5.82 Å². The van der Waals surface area contributed by atoms with Crippen LogP contribution in [0.25, 0.3) is 0 Å². The number of amides is 1. The van der Waals surface area contributed by atoms with Gasteiger partial charge >= 0.3 is 5.97 Å². The van der Waals surface area contributed by atoms with Crippen molar-refractivity contribution in [1.29, 1.82) is 0 Å². The summed E-state index contributed by atoms with van der Waals surface area (Å²) >= 11 is 12.4. The molecule has 0 aliphatic heterocycles. The first-order valence-corrected chi connectivity index (χ1v) is 13.1. The van der Waals surface area contributed by atoms with Crippen LogP contribution in [-0.4, -0.2) is 64.3 Å². The van der Waals surface area contributed by atoms with Gasteiger partial charge in [-0.3, -0.25) is 14.8 Å². The number of aliphatic hydroxyl groups is 1. The third-order valence-corrected chi connectivity index (χ3v) is 5.82. The second kappa shape index (κ2) is 15.1. The predicted molar refractivity (Wildman–Crippen MR) is 146 cm³/mol. The quantitative estimate of drug-likeness (QED) is 0.165. The lowest BCUT2D eigenvalue weighted by molar-refractivity contribution is -0.137. The van der Waals surface area contributed by atoms with Crippen LogP contribution in [0.3, 0.4) is 0 Å². The zero-order chi connectivity index (χ0) is 28.3. The van der Waals surface area contributed by atoms with E-state index < -0.39 is 17.6 Å². The van der Waals surface area contributed by atoms with E-state index in [1.54, 1.807) is 55.9 Å². The van der Waals surface area contributed by atoms with Crippen LogP contribution in [-0.2, 0) is 25.6 Å². The Morgan fingerprint density at radius 1 is 1.21 bits per heavy atom. The number of hydrogen-bond donors (Lipinski definition) is 3. The van der Waals surface area contributed by atoms with Crippen LogP contribution in [0, 0.1) is 0 Å². The number of benzene rings is 1. The lowest BCUT2D eigenvalue weighted by atomic mass is 10.1. The number of nitrogens with zero attached hydrogens (tertiary/aromatic N) is 2. The summed E-state index contributed by atoms with van der Waals surface area (Å²) in [5, 5.41) is 20.7. The third-order valence-electron chi connectivity index (χ3n) is 5.02. The Balaban J connectivity index is 2.21. The molecule has 0 unspecified atom stereocenters. The molecule has 0 spiro atoms. The Bertz CT molecular complexity index is 1100. The van der Waals surface area contributed by atoms with Crippen molar-refractivity contribution in [1.82, 2.24) is 15.1 Å². The van der Waals surface area contributed by atoms with Gasteiger partial charge in [-0.2, -0.15) is 5.10 Å². The summed E-state index contributed by atoms with van der Waals surface area (Å²) in [4.78, 5) is 25.4. The molecular weight excluding hydrogens is 535 g/mol. The maximum absolute atomic E-state index is 13.2. The Morgan fingerprint density at radius 2 is 1.95 bits per heavy atom. The SMILES string of the molecule is CCOC(=O)/C=C(/CN[C@@H](C[C@@H](C)OCC)C(=O)Nc1ccn(CC(C)(C)O)n1)Oc1cccc(Cl)c1Cl. The van der Waals surface area contributed by atoms with Gasteiger partial charge in [-0.25, -0.2) is 4.79 Å². The molecule has 2 aromatic rings. The number of halogens is 2. The summed E-state index contributed by atoms with van der Waals surface area (Å²) in [5.74, 6) is -0.217. The molecular formula is C26H36Cl2N4O6. The summed E-state index contributed by atoms with van der Waals surface area (Å²) in [6, 6.07) is 5.79. The highest BCUT2D eigenvalue weighted by molar-refractivity contribution is 6.42. The standard InChI is InChI=1S/C26H36Cl2N4O6/c1-6-36-17(3)13-20(25(34)30-22-11-12-32(31-22)16-26(4,5)35)29-15-18(14-23(33)37-7-2)38-21-10-8-9-19(27)24(21)28/h8-12,14,17,20,29,35H,6-7,13,15-16H2,1-5H3,(H,30,31,34)/b18-14-/t17-,20+/m1/s1. The number of rotatable bonds is 15. The maximum Gasteiger partial charge on any atom is 0.334 e. The molecule has 0 saturated carbocycles. The minimum Gasteiger partial charge on any atom is -0.463 e. The first-order chi connectivity index (χ1) is 17.9. The Hall–Kier alpha value is -2.63. The van der Waals surface area contributed by atoms with E-state index in [9.17, 15) is 14.7 Å². The fourth-order valence-electron chi connectivity index (χ4n) is 3.45. The van der Waals surface area contributed by atoms with Gasteiger partial charge in [0, 0.05) is 18.9 Å². The van der Waals surface area contributed by atoms with E-state index in [0.717, 1.165) is 0 Å². The summed E-state index contributed by atoms with van der Waals surface area (Å²) in [7, 11) is 0. The molecule has 1 aromatic heterocycles. The molecule has 0 fully saturated rings. The molecule has 1 aromatic carbocycles. The number of carbonyl (C=O) groups excluding carboxylic acids is 2. The van der Waals surface area contributed by atoms with Crippen molar-refractivity contribution in [2.24, 2.45) is 0 Å². The normalized spacial score (nSPS) is 13.6. The summed E-state index contributed by atoms with van der Waals surface area (Å²) in [6.45, 7) is 9.69. The van der Waals surface area contributed by atoms with Crippen LogP contribution in [0.4, 0.5) is 5.82 Å². The van der Waals surface area contributed by atoms with Crippen molar-refractivity contribution in [2.75, 3.05) is 25.1 Å². The highest BCUT2D eigenvalue weighted by atomic mass is 35.5.